The summed E-state index contributed by atoms with van der Waals surface area (Å²) in [4.78, 5) is 5.84. The molecule has 0 aliphatic rings. The molecule has 0 fully saturated rings. The minimum Gasteiger partial charge on any atom is -0.241 e. The van der Waals surface area contributed by atoms with Gasteiger partial charge in [-0.2, -0.15) is 0 Å². The van der Waals surface area contributed by atoms with E-state index in [1.165, 1.54) is 23.5 Å². The van der Waals surface area contributed by atoms with Gasteiger partial charge in [0, 0.05) is 17.0 Å². The highest BCUT2D eigenvalue weighted by atomic mass is 32.2. The van der Waals surface area contributed by atoms with Crippen LogP contribution in [0.4, 0.5) is 4.39 Å². The van der Waals surface area contributed by atoms with E-state index in [-0.39, 0.29) is 5.82 Å². The number of benzene rings is 2. The van der Waals surface area contributed by atoms with Gasteiger partial charge in [0.05, 0.1) is 10.6 Å². The summed E-state index contributed by atoms with van der Waals surface area (Å²) in [5.41, 5.74) is 3.48. The third-order valence-electron chi connectivity index (χ3n) is 4.25. The third kappa shape index (κ3) is 4.61. The topological polar surface area (TPSA) is 59.1 Å². The van der Waals surface area contributed by atoms with Crippen molar-refractivity contribution in [1.82, 2.24) is 9.71 Å². The standard InChI is InChI=1S/C20H21FN2O2S2/c1-13-4-9-19(14(2)12-13)27(24,25)22-11-10-18-15(3)23-20(26-18)16-5-7-17(21)8-6-16/h4-9,12,22H,10-11H2,1-3H3. The maximum atomic E-state index is 13.1. The third-order valence-corrected chi connectivity index (χ3v) is 7.14. The predicted octanol–water partition coefficient (Wildman–Crippen LogP) is 4.40. The second-order valence-electron chi connectivity index (χ2n) is 6.45. The summed E-state index contributed by atoms with van der Waals surface area (Å²) in [6.45, 7) is 5.92. The van der Waals surface area contributed by atoms with Crippen LogP contribution in [-0.4, -0.2) is 19.9 Å². The van der Waals surface area contributed by atoms with Crippen LogP contribution in [0.15, 0.2) is 47.4 Å². The van der Waals surface area contributed by atoms with Crippen molar-refractivity contribution >= 4 is 21.4 Å². The molecule has 0 aliphatic heterocycles. The van der Waals surface area contributed by atoms with Gasteiger partial charge >= 0.3 is 0 Å². The molecule has 1 aromatic heterocycles. The summed E-state index contributed by atoms with van der Waals surface area (Å²) in [6.07, 6.45) is 0.550. The van der Waals surface area contributed by atoms with E-state index >= 15 is 0 Å². The molecule has 142 valence electrons. The summed E-state index contributed by atoms with van der Waals surface area (Å²) >= 11 is 1.50. The van der Waals surface area contributed by atoms with Crippen molar-refractivity contribution in [3.05, 3.63) is 70.0 Å². The van der Waals surface area contributed by atoms with Gasteiger partial charge in [0.2, 0.25) is 10.0 Å². The quantitative estimate of drug-likeness (QED) is 0.663. The number of rotatable bonds is 6. The molecule has 0 unspecified atom stereocenters. The molecule has 0 saturated heterocycles. The monoisotopic (exact) mass is 404 g/mol. The maximum absolute atomic E-state index is 13.1. The highest BCUT2D eigenvalue weighted by Crippen LogP contribution is 2.28. The summed E-state index contributed by atoms with van der Waals surface area (Å²) in [5.74, 6) is -0.284. The van der Waals surface area contributed by atoms with E-state index in [1.807, 2.05) is 19.9 Å². The van der Waals surface area contributed by atoms with Gasteiger partial charge in [0.25, 0.3) is 0 Å². The van der Waals surface area contributed by atoms with E-state index in [9.17, 15) is 12.8 Å². The van der Waals surface area contributed by atoms with Gasteiger partial charge in [0.15, 0.2) is 0 Å². The molecule has 0 amide bonds. The van der Waals surface area contributed by atoms with Crippen molar-refractivity contribution in [2.24, 2.45) is 0 Å². The molecule has 7 heteroatoms. The zero-order valence-corrected chi connectivity index (χ0v) is 17.0. The maximum Gasteiger partial charge on any atom is 0.240 e. The number of hydrogen-bond acceptors (Lipinski definition) is 4. The molecule has 4 nitrogen and oxygen atoms in total. The van der Waals surface area contributed by atoms with Gasteiger partial charge in [-0.25, -0.2) is 22.5 Å². The van der Waals surface area contributed by atoms with Gasteiger partial charge in [-0.1, -0.05) is 17.7 Å². The lowest BCUT2D eigenvalue weighted by Gasteiger charge is -2.09. The highest BCUT2D eigenvalue weighted by Gasteiger charge is 2.17. The molecule has 0 spiro atoms. The second-order valence-corrected chi connectivity index (χ2v) is 9.27. The van der Waals surface area contributed by atoms with E-state index in [2.05, 4.69) is 9.71 Å². The molecule has 2 aromatic carbocycles. The Balaban J connectivity index is 1.69. The average Bonchev–Trinajstić information content (AvgIpc) is 2.96. The zero-order valence-electron chi connectivity index (χ0n) is 15.4. The fraction of sp³-hybridized carbons (Fsp3) is 0.250. The van der Waals surface area contributed by atoms with Crippen LogP contribution in [0.3, 0.4) is 0 Å². The van der Waals surface area contributed by atoms with Crippen LogP contribution >= 0.6 is 11.3 Å². The molecule has 3 aromatic rings. The number of aromatic nitrogens is 1. The zero-order chi connectivity index (χ0) is 19.6. The second kappa shape index (κ2) is 7.88. The lowest BCUT2D eigenvalue weighted by atomic mass is 10.2. The lowest BCUT2D eigenvalue weighted by Crippen LogP contribution is -2.26. The van der Waals surface area contributed by atoms with Crippen molar-refractivity contribution in [1.29, 1.82) is 0 Å². The predicted molar refractivity (Wildman–Crippen MR) is 107 cm³/mol. The van der Waals surface area contributed by atoms with E-state index in [0.29, 0.717) is 17.9 Å². The molecule has 3 rings (SSSR count). The Morgan fingerprint density at radius 1 is 1.07 bits per heavy atom. The van der Waals surface area contributed by atoms with Crippen LogP contribution in [0.2, 0.25) is 0 Å². The number of thiazole rings is 1. The lowest BCUT2D eigenvalue weighted by molar-refractivity contribution is 0.581. The normalized spacial score (nSPS) is 11.7. The van der Waals surface area contributed by atoms with Crippen molar-refractivity contribution in [2.45, 2.75) is 32.1 Å². The molecular weight excluding hydrogens is 383 g/mol. The van der Waals surface area contributed by atoms with Crippen molar-refractivity contribution in [2.75, 3.05) is 6.54 Å². The van der Waals surface area contributed by atoms with Crippen LogP contribution in [0.25, 0.3) is 10.6 Å². The van der Waals surface area contributed by atoms with Gasteiger partial charge in [-0.05, 0) is 63.1 Å². The highest BCUT2D eigenvalue weighted by molar-refractivity contribution is 7.89. The Kier molecular flexibility index (Phi) is 5.74. The fourth-order valence-electron chi connectivity index (χ4n) is 2.85. The molecule has 0 saturated carbocycles. The summed E-state index contributed by atoms with van der Waals surface area (Å²) in [7, 11) is -3.55. The Labute approximate surface area is 163 Å². The molecule has 1 heterocycles. The molecular formula is C20H21FN2O2S2. The fourth-order valence-corrected chi connectivity index (χ4v) is 5.18. The minimum atomic E-state index is -3.55. The number of halogens is 1. The van der Waals surface area contributed by atoms with Crippen LogP contribution in [0, 0.1) is 26.6 Å². The van der Waals surface area contributed by atoms with Gasteiger partial charge < -0.3 is 0 Å². The van der Waals surface area contributed by atoms with E-state index < -0.39 is 10.0 Å². The van der Waals surface area contributed by atoms with E-state index in [0.717, 1.165) is 32.3 Å². The Hall–Kier alpha value is -2.09. The smallest absolute Gasteiger partial charge is 0.240 e. The number of nitrogens with zero attached hydrogens (tertiary/aromatic N) is 1. The first kappa shape index (κ1) is 19.7. The van der Waals surface area contributed by atoms with Crippen molar-refractivity contribution in [3.63, 3.8) is 0 Å². The number of nitrogens with one attached hydrogen (secondary N) is 1. The number of sulfonamides is 1. The van der Waals surface area contributed by atoms with Gasteiger partial charge in [-0.3, -0.25) is 0 Å². The number of aryl methyl sites for hydroxylation is 3. The molecule has 0 atom stereocenters. The molecule has 27 heavy (non-hydrogen) atoms. The van der Waals surface area contributed by atoms with Crippen LogP contribution in [0.1, 0.15) is 21.7 Å². The Morgan fingerprint density at radius 2 is 1.78 bits per heavy atom. The van der Waals surface area contributed by atoms with Crippen LogP contribution < -0.4 is 4.72 Å². The first-order valence-electron chi connectivity index (χ1n) is 8.55. The average molecular weight is 405 g/mol. The first-order chi connectivity index (χ1) is 12.8. The molecule has 0 bridgehead atoms. The summed E-state index contributed by atoms with van der Waals surface area (Å²) in [6, 6.07) is 11.5. The van der Waals surface area contributed by atoms with Crippen molar-refractivity contribution < 1.29 is 12.8 Å². The van der Waals surface area contributed by atoms with E-state index in [1.54, 1.807) is 31.2 Å². The largest absolute Gasteiger partial charge is 0.241 e. The Bertz CT molecular complexity index is 1060. The SMILES string of the molecule is Cc1ccc(S(=O)(=O)NCCc2sc(-c3ccc(F)cc3)nc2C)c(C)c1. The molecule has 0 aliphatic carbocycles. The first-order valence-corrected chi connectivity index (χ1v) is 10.9. The summed E-state index contributed by atoms with van der Waals surface area (Å²) in [5, 5.41) is 0.805. The van der Waals surface area contributed by atoms with E-state index in [4.69, 9.17) is 0 Å². The Morgan fingerprint density at radius 3 is 2.44 bits per heavy atom. The van der Waals surface area contributed by atoms with Crippen molar-refractivity contribution in [3.8, 4) is 10.6 Å². The van der Waals surface area contributed by atoms with Gasteiger partial charge in [-0.15, -0.1) is 11.3 Å². The minimum absolute atomic E-state index is 0.284. The van der Waals surface area contributed by atoms with Crippen LogP contribution in [0.5, 0.6) is 0 Å². The number of hydrogen-bond donors (Lipinski definition) is 1. The molecule has 0 radical (unpaired) electrons. The molecule has 1 N–H and O–H groups in total. The van der Waals surface area contributed by atoms with Gasteiger partial charge in [0.1, 0.15) is 10.8 Å². The van der Waals surface area contributed by atoms with Crippen LogP contribution in [-0.2, 0) is 16.4 Å². The summed E-state index contributed by atoms with van der Waals surface area (Å²) < 4.78 is 40.8.